The van der Waals surface area contributed by atoms with E-state index >= 15 is 0 Å². The number of carbonyl (C=O) groups is 1. The number of rotatable bonds is 7. The first kappa shape index (κ1) is 22.9. The van der Waals surface area contributed by atoms with Crippen molar-refractivity contribution in [1.82, 2.24) is 24.6 Å². The van der Waals surface area contributed by atoms with Crippen molar-refractivity contribution < 1.29 is 9.53 Å². The minimum atomic E-state index is -0.826. The van der Waals surface area contributed by atoms with E-state index in [0.717, 1.165) is 14.8 Å². The SMILES string of the molecule is COc1cccc(-n2nc(C(=O)NCc3cccnc3)c(=O)n(Cc3ccccc3Cl)c2=O)c1. The molecule has 4 rings (SSSR count). The van der Waals surface area contributed by atoms with Gasteiger partial charge >= 0.3 is 5.69 Å². The fourth-order valence-electron chi connectivity index (χ4n) is 3.27. The first-order valence-electron chi connectivity index (χ1n) is 10.3. The van der Waals surface area contributed by atoms with Crippen LogP contribution in [-0.2, 0) is 13.1 Å². The van der Waals surface area contributed by atoms with Crippen LogP contribution in [0.4, 0.5) is 0 Å². The van der Waals surface area contributed by atoms with Crippen molar-refractivity contribution in [1.29, 1.82) is 0 Å². The van der Waals surface area contributed by atoms with Gasteiger partial charge in [0.25, 0.3) is 11.5 Å². The molecule has 172 valence electrons. The number of halogens is 1. The predicted molar refractivity (Wildman–Crippen MR) is 127 cm³/mol. The van der Waals surface area contributed by atoms with Crippen LogP contribution < -0.4 is 21.3 Å². The van der Waals surface area contributed by atoms with Crippen molar-refractivity contribution in [3.05, 3.63) is 116 Å². The van der Waals surface area contributed by atoms with E-state index in [4.69, 9.17) is 16.3 Å². The zero-order valence-electron chi connectivity index (χ0n) is 18.1. The molecule has 0 aliphatic rings. The average molecular weight is 478 g/mol. The molecule has 0 spiro atoms. The fraction of sp³-hybridized carbons (Fsp3) is 0.125. The molecule has 9 nitrogen and oxygen atoms in total. The normalized spacial score (nSPS) is 10.6. The van der Waals surface area contributed by atoms with E-state index in [2.05, 4.69) is 15.4 Å². The van der Waals surface area contributed by atoms with E-state index in [1.807, 2.05) is 0 Å². The molecule has 0 saturated heterocycles. The van der Waals surface area contributed by atoms with E-state index < -0.39 is 22.9 Å². The third-order valence-electron chi connectivity index (χ3n) is 5.03. The predicted octanol–water partition coefficient (Wildman–Crippen LogP) is 2.43. The highest BCUT2D eigenvalue weighted by atomic mass is 35.5. The summed E-state index contributed by atoms with van der Waals surface area (Å²) in [6.07, 6.45) is 3.21. The van der Waals surface area contributed by atoms with Crippen molar-refractivity contribution in [2.24, 2.45) is 0 Å². The molecular weight excluding hydrogens is 458 g/mol. The molecule has 0 fully saturated rings. The number of pyridine rings is 1. The van der Waals surface area contributed by atoms with E-state index in [1.54, 1.807) is 73.1 Å². The summed E-state index contributed by atoms with van der Waals surface area (Å²) >= 11 is 6.25. The summed E-state index contributed by atoms with van der Waals surface area (Å²) in [7, 11) is 1.49. The Bertz CT molecular complexity index is 1450. The number of methoxy groups -OCH3 is 1. The van der Waals surface area contributed by atoms with Gasteiger partial charge in [0, 0.05) is 30.0 Å². The van der Waals surface area contributed by atoms with Gasteiger partial charge in [0.2, 0.25) is 5.69 Å². The van der Waals surface area contributed by atoms with Crippen molar-refractivity contribution in [2.45, 2.75) is 13.1 Å². The van der Waals surface area contributed by atoms with Crippen LogP contribution in [0, 0.1) is 0 Å². The second-order valence-electron chi connectivity index (χ2n) is 7.27. The van der Waals surface area contributed by atoms with Gasteiger partial charge in [0.05, 0.1) is 19.3 Å². The Morgan fingerprint density at radius 2 is 1.91 bits per heavy atom. The third-order valence-corrected chi connectivity index (χ3v) is 5.40. The van der Waals surface area contributed by atoms with E-state index in [1.165, 1.54) is 7.11 Å². The Morgan fingerprint density at radius 3 is 2.65 bits per heavy atom. The number of ether oxygens (including phenoxy) is 1. The highest BCUT2D eigenvalue weighted by molar-refractivity contribution is 6.31. The molecule has 0 saturated carbocycles. The molecule has 1 amide bonds. The summed E-state index contributed by atoms with van der Waals surface area (Å²) in [5, 5.41) is 7.16. The summed E-state index contributed by atoms with van der Waals surface area (Å²) < 4.78 is 7.17. The summed E-state index contributed by atoms with van der Waals surface area (Å²) in [6, 6.07) is 17.0. The lowest BCUT2D eigenvalue weighted by molar-refractivity contribution is 0.0941. The van der Waals surface area contributed by atoms with Crippen LogP contribution in [0.3, 0.4) is 0 Å². The van der Waals surface area contributed by atoms with Crippen molar-refractivity contribution in [3.63, 3.8) is 0 Å². The Hall–Kier alpha value is -4.24. The number of benzene rings is 2. The molecule has 1 N–H and O–H groups in total. The Morgan fingerprint density at radius 1 is 1.09 bits per heavy atom. The lowest BCUT2D eigenvalue weighted by atomic mass is 10.2. The molecule has 0 aliphatic carbocycles. The topological polar surface area (TPSA) is 108 Å². The maximum Gasteiger partial charge on any atom is 0.352 e. The molecular formula is C24H20ClN5O4. The quantitative estimate of drug-likeness (QED) is 0.438. The van der Waals surface area contributed by atoms with Gasteiger partial charge in [-0.15, -0.1) is 0 Å². The van der Waals surface area contributed by atoms with Gasteiger partial charge in [0.1, 0.15) is 5.75 Å². The highest BCUT2D eigenvalue weighted by Crippen LogP contribution is 2.16. The van der Waals surface area contributed by atoms with Crippen LogP contribution in [0.5, 0.6) is 5.75 Å². The number of nitrogens with one attached hydrogen (secondary N) is 1. The van der Waals surface area contributed by atoms with Gasteiger partial charge in [-0.25, -0.2) is 4.79 Å². The smallest absolute Gasteiger partial charge is 0.352 e. The van der Waals surface area contributed by atoms with Gasteiger partial charge in [-0.05, 0) is 35.4 Å². The van der Waals surface area contributed by atoms with Crippen LogP contribution in [0.15, 0.2) is 82.6 Å². The van der Waals surface area contributed by atoms with Gasteiger partial charge in [0.15, 0.2) is 0 Å². The zero-order chi connectivity index (χ0) is 24.1. The number of hydrogen-bond donors (Lipinski definition) is 1. The van der Waals surface area contributed by atoms with Crippen molar-refractivity contribution in [3.8, 4) is 11.4 Å². The second-order valence-corrected chi connectivity index (χ2v) is 7.68. The molecule has 0 bridgehead atoms. The number of hydrogen-bond acceptors (Lipinski definition) is 6. The molecule has 4 aromatic rings. The molecule has 2 heterocycles. The lowest BCUT2D eigenvalue weighted by Gasteiger charge is -2.13. The Balaban J connectivity index is 1.81. The summed E-state index contributed by atoms with van der Waals surface area (Å²) in [4.78, 5) is 43.5. The fourth-order valence-corrected chi connectivity index (χ4v) is 3.47. The molecule has 2 aromatic heterocycles. The van der Waals surface area contributed by atoms with Crippen LogP contribution in [0.25, 0.3) is 5.69 Å². The first-order chi connectivity index (χ1) is 16.5. The monoisotopic (exact) mass is 477 g/mol. The summed E-state index contributed by atoms with van der Waals surface area (Å²) in [5.41, 5.74) is -0.353. The molecule has 0 radical (unpaired) electrons. The zero-order valence-corrected chi connectivity index (χ0v) is 18.9. The van der Waals surface area contributed by atoms with Gasteiger partial charge < -0.3 is 10.1 Å². The minimum Gasteiger partial charge on any atom is -0.497 e. The molecule has 0 atom stereocenters. The van der Waals surface area contributed by atoms with E-state index in [9.17, 15) is 14.4 Å². The van der Waals surface area contributed by atoms with Crippen LogP contribution in [0.2, 0.25) is 5.02 Å². The highest BCUT2D eigenvalue weighted by Gasteiger charge is 2.21. The molecule has 10 heteroatoms. The maximum absolute atomic E-state index is 13.3. The molecule has 34 heavy (non-hydrogen) atoms. The van der Waals surface area contributed by atoms with E-state index in [0.29, 0.717) is 22.0 Å². The Labute approximate surface area is 199 Å². The first-order valence-corrected chi connectivity index (χ1v) is 10.6. The van der Waals surface area contributed by atoms with Gasteiger partial charge in [-0.2, -0.15) is 9.78 Å². The number of amides is 1. The number of nitrogens with zero attached hydrogens (tertiary/aromatic N) is 4. The number of aromatic nitrogens is 4. The minimum absolute atomic E-state index is 0.132. The largest absolute Gasteiger partial charge is 0.497 e. The Kier molecular flexibility index (Phi) is 6.84. The molecule has 2 aromatic carbocycles. The van der Waals surface area contributed by atoms with Crippen LogP contribution in [0.1, 0.15) is 21.6 Å². The van der Waals surface area contributed by atoms with E-state index in [-0.39, 0.29) is 13.1 Å². The second kappa shape index (κ2) is 10.1. The maximum atomic E-state index is 13.3. The van der Waals surface area contributed by atoms with Crippen molar-refractivity contribution in [2.75, 3.05) is 7.11 Å². The molecule has 0 aliphatic heterocycles. The standard InChI is InChI=1S/C24H20ClN5O4/c1-34-19-9-4-8-18(12-19)30-24(33)29(15-17-7-2-3-10-20(17)25)23(32)21(28-30)22(31)27-14-16-6-5-11-26-13-16/h2-13H,14-15H2,1H3,(H,27,31). The van der Waals surface area contributed by atoms with Crippen LogP contribution >= 0.6 is 11.6 Å². The van der Waals surface area contributed by atoms with Crippen LogP contribution in [-0.4, -0.2) is 32.3 Å². The third kappa shape index (κ3) is 4.89. The number of carbonyl (C=O) groups excluding carboxylic acids is 1. The van der Waals surface area contributed by atoms with Gasteiger partial charge in [-0.3, -0.25) is 19.1 Å². The average Bonchev–Trinajstić information content (AvgIpc) is 2.87. The molecule has 0 unspecified atom stereocenters. The van der Waals surface area contributed by atoms with Gasteiger partial charge in [-0.1, -0.05) is 41.9 Å². The summed E-state index contributed by atoms with van der Waals surface area (Å²) in [5.74, 6) is -0.240. The lowest BCUT2D eigenvalue weighted by Crippen LogP contribution is -2.46. The van der Waals surface area contributed by atoms with Crippen molar-refractivity contribution >= 4 is 17.5 Å². The summed E-state index contributed by atoms with van der Waals surface area (Å²) in [6.45, 7) is 0.00328.